The molecule has 1 aliphatic rings. The fourth-order valence-electron chi connectivity index (χ4n) is 1.90. The minimum Gasteiger partial charge on any atom is -0.350 e. The first kappa shape index (κ1) is 10.2. The van der Waals surface area contributed by atoms with E-state index < -0.39 is 0 Å². The Balaban J connectivity index is 2.29. The third kappa shape index (κ3) is 2.02. The van der Waals surface area contributed by atoms with Crippen molar-refractivity contribution in [3.05, 3.63) is 22.7 Å². The van der Waals surface area contributed by atoms with Gasteiger partial charge in [0.05, 0.1) is 0 Å². The van der Waals surface area contributed by atoms with Gasteiger partial charge in [-0.2, -0.15) is 0 Å². The fourth-order valence-corrected chi connectivity index (χ4v) is 1.90. The monoisotopic (exact) mass is 208 g/mol. The molecule has 1 fully saturated rings. The Morgan fingerprint density at radius 2 is 2.40 bits per heavy atom. The molecule has 1 aliphatic heterocycles. The summed E-state index contributed by atoms with van der Waals surface area (Å²) in [5.41, 5.74) is 5.82. The van der Waals surface area contributed by atoms with Crippen LogP contribution in [-0.2, 0) is 7.05 Å². The van der Waals surface area contributed by atoms with Crippen molar-refractivity contribution in [1.29, 1.82) is 0 Å². The summed E-state index contributed by atoms with van der Waals surface area (Å²) in [6.45, 7) is 1.60. The molecule has 2 N–H and O–H groups in total. The fraction of sp³-hybridized carbons (Fsp3) is 0.600. The zero-order chi connectivity index (χ0) is 10.8. The topological polar surface area (TPSA) is 64.2 Å². The molecule has 5 nitrogen and oxygen atoms in total. The molecule has 1 aromatic heterocycles. The molecule has 1 aromatic rings. The molecule has 0 spiro atoms. The SMILES string of the molecule is Cn1ccnc(N2CCC[C@@H](N)C2)c1=O. The molecule has 0 unspecified atom stereocenters. The Bertz CT molecular complexity index is 401. The van der Waals surface area contributed by atoms with E-state index in [4.69, 9.17) is 5.73 Å². The Morgan fingerprint density at radius 1 is 1.60 bits per heavy atom. The summed E-state index contributed by atoms with van der Waals surface area (Å²) in [5, 5.41) is 0. The summed E-state index contributed by atoms with van der Waals surface area (Å²) in [5.74, 6) is 0.523. The minimum absolute atomic E-state index is 0.0494. The molecule has 2 heterocycles. The first-order valence-corrected chi connectivity index (χ1v) is 5.20. The first-order chi connectivity index (χ1) is 7.18. The molecule has 0 aromatic carbocycles. The number of hydrogen-bond donors (Lipinski definition) is 1. The van der Waals surface area contributed by atoms with Crippen LogP contribution in [0.3, 0.4) is 0 Å². The minimum atomic E-state index is -0.0494. The molecule has 5 heteroatoms. The van der Waals surface area contributed by atoms with Gasteiger partial charge in [-0.1, -0.05) is 0 Å². The van der Waals surface area contributed by atoms with Crippen LogP contribution in [0.4, 0.5) is 5.82 Å². The molecular formula is C10H16N4O. The number of nitrogens with zero attached hydrogens (tertiary/aromatic N) is 3. The highest BCUT2D eigenvalue weighted by molar-refractivity contribution is 5.36. The van der Waals surface area contributed by atoms with Crippen molar-refractivity contribution in [3.63, 3.8) is 0 Å². The van der Waals surface area contributed by atoms with Gasteiger partial charge in [0.2, 0.25) is 0 Å². The first-order valence-electron chi connectivity index (χ1n) is 5.20. The van der Waals surface area contributed by atoms with Gasteiger partial charge in [-0.3, -0.25) is 4.79 Å². The molecule has 82 valence electrons. The van der Waals surface area contributed by atoms with Gasteiger partial charge in [0.25, 0.3) is 5.56 Å². The lowest BCUT2D eigenvalue weighted by atomic mass is 10.1. The molecular weight excluding hydrogens is 192 g/mol. The standard InChI is InChI=1S/C10H16N4O/c1-13-6-4-12-9(10(13)15)14-5-2-3-8(11)7-14/h4,6,8H,2-3,5,7,11H2,1H3/t8-/m1/s1. The van der Waals surface area contributed by atoms with E-state index in [0.29, 0.717) is 5.82 Å². The lowest BCUT2D eigenvalue weighted by molar-refractivity contribution is 0.500. The van der Waals surface area contributed by atoms with E-state index in [-0.39, 0.29) is 11.6 Å². The van der Waals surface area contributed by atoms with Crippen molar-refractivity contribution in [2.75, 3.05) is 18.0 Å². The van der Waals surface area contributed by atoms with Crippen LogP contribution in [0.1, 0.15) is 12.8 Å². The Hall–Kier alpha value is -1.36. The lowest BCUT2D eigenvalue weighted by Gasteiger charge is -2.31. The molecule has 0 bridgehead atoms. The second-order valence-electron chi connectivity index (χ2n) is 4.02. The van der Waals surface area contributed by atoms with Gasteiger partial charge in [-0.25, -0.2) is 4.98 Å². The average Bonchev–Trinajstić information content (AvgIpc) is 2.22. The summed E-state index contributed by atoms with van der Waals surface area (Å²) in [6, 6.07) is 0.158. The van der Waals surface area contributed by atoms with E-state index >= 15 is 0 Å². The highest BCUT2D eigenvalue weighted by Gasteiger charge is 2.20. The molecule has 1 saturated heterocycles. The van der Waals surface area contributed by atoms with Gasteiger partial charge in [0.1, 0.15) is 0 Å². The Morgan fingerprint density at radius 3 is 3.13 bits per heavy atom. The number of aryl methyl sites for hydroxylation is 1. The van der Waals surface area contributed by atoms with Crippen LogP contribution in [0.15, 0.2) is 17.2 Å². The van der Waals surface area contributed by atoms with Crippen molar-refractivity contribution in [3.8, 4) is 0 Å². The number of piperidine rings is 1. The normalized spacial score (nSPS) is 21.7. The van der Waals surface area contributed by atoms with Crippen LogP contribution in [0.2, 0.25) is 0 Å². The van der Waals surface area contributed by atoms with Crippen LogP contribution in [-0.4, -0.2) is 28.7 Å². The summed E-state index contributed by atoms with van der Waals surface area (Å²) in [6.07, 6.45) is 5.37. The zero-order valence-corrected chi connectivity index (χ0v) is 8.89. The van der Waals surface area contributed by atoms with Gasteiger partial charge in [0, 0.05) is 38.6 Å². The number of anilines is 1. The molecule has 0 radical (unpaired) electrons. The van der Waals surface area contributed by atoms with Crippen molar-refractivity contribution >= 4 is 5.82 Å². The van der Waals surface area contributed by atoms with E-state index in [0.717, 1.165) is 25.9 Å². The highest BCUT2D eigenvalue weighted by atomic mass is 16.1. The third-order valence-corrected chi connectivity index (χ3v) is 2.76. The molecule has 0 saturated carbocycles. The van der Waals surface area contributed by atoms with Crippen molar-refractivity contribution < 1.29 is 0 Å². The second kappa shape index (κ2) is 4.02. The second-order valence-corrected chi connectivity index (χ2v) is 4.02. The zero-order valence-electron chi connectivity index (χ0n) is 8.89. The van der Waals surface area contributed by atoms with E-state index in [1.54, 1.807) is 24.0 Å². The van der Waals surface area contributed by atoms with Crippen molar-refractivity contribution in [2.45, 2.75) is 18.9 Å². The molecule has 2 rings (SSSR count). The number of rotatable bonds is 1. The molecule has 1 atom stereocenters. The predicted octanol–water partition coefficient (Wildman–Crippen LogP) is -0.292. The van der Waals surface area contributed by atoms with Crippen LogP contribution in [0.5, 0.6) is 0 Å². The molecule has 15 heavy (non-hydrogen) atoms. The van der Waals surface area contributed by atoms with E-state index in [1.165, 1.54) is 0 Å². The van der Waals surface area contributed by atoms with Gasteiger partial charge in [-0.15, -0.1) is 0 Å². The van der Waals surface area contributed by atoms with Gasteiger partial charge in [-0.05, 0) is 12.8 Å². The largest absolute Gasteiger partial charge is 0.350 e. The highest BCUT2D eigenvalue weighted by Crippen LogP contribution is 2.12. The average molecular weight is 208 g/mol. The summed E-state index contributed by atoms with van der Waals surface area (Å²) in [4.78, 5) is 17.9. The van der Waals surface area contributed by atoms with Gasteiger partial charge < -0.3 is 15.2 Å². The van der Waals surface area contributed by atoms with Crippen molar-refractivity contribution in [1.82, 2.24) is 9.55 Å². The number of nitrogens with two attached hydrogens (primary N) is 1. The van der Waals surface area contributed by atoms with Crippen LogP contribution in [0, 0.1) is 0 Å². The Labute approximate surface area is 88.5 Å². The number of aromatic nitrogens is 2. The van der Waals surface area contributed by atoms with Crippen LogP contribution < -0.4 is 16.2 Å². The van der Waals surface area contributed by atoms with E-state index in [9.17, 15) is 4.79 Å². The summed E-state index contributed by atoms with van der Waals surface area (Å²) < 4.78 is 1.54. The predicted molar refractivity (Wildman–Crippen MR) is 58.9 cm³/mol. The molecule has 0 amide bonds. The quantitative estimate of drug-likeness (QED) is 0.688. The Kier molecular flexibility index (Phi) is 2.73. The maximum Gasteiger partial charge on any atom is 0.293 e. The van der Waals surface area contributed by atoms with Crippen LogP contribution >= 0.6 is 0 Å². The smallest absolute Gasteiger partial charge is 0.293 e. The summed E-state index contributed by atoms with van der Waals surface area (Å²) in [7, 11) is 1.73. The third-order valence-electron chi connectivity index (χ3n) is 2.76. The van der Waals surface area contributed by atoms with E-state index in [1.807, 2.05) is 4.90 Å². The maximum absolute atomic E-state index is 11.8. The van der Waals surface area contributed by atoms with Gasteiger partial charge >= 0.3 is 0 Å². The van der Waals surface area contributed by atoms with Gasteiger partial charge in [0.15, 0.2) is 5.82 Å². The van der Waals surface area contributed by atoms with E-state index in [2.05, 4.69) is 4.98 Å². The van der Waals surface area contributed by atoms with Crippen LogP contribution in [0.25, 0.3) is 0 Å². The van der Waals surface area contributed by atoms with Crippen molar-refractivity contribution in [2.24, 2.45) is 12.8 Å². The number of hydrogen-bond acceptors (Lipinski definition) is 4. The maximum atomic E-state index is 11.8. The molecule has 0 aliphatic carbocycles. The lowest BCUT2D eigenvalue weighted by Crippen LogP contribution is -2.45. The summed E-state index contributed by atoms with van der Waals surface area (Å²) >= 11 is 0.